The van der Waals surface area contributed by atoms with Crippen LogP contribution in [0.3, 0.4) is 0 Å². The predicted molar refractivity (Wildman–Crippen MR) is 58.8 cm³/mol. The minimum absolute atomic E-state index is 0.241. The van der Waals surface area contributed by atoms with Crippen molar-refractivity contribution in [3.63, 3.8) is 0 Å². The van der Waals surface area contributed by atoms with Crippen LogP contribution in [-0.4, -0.2) is 12.1 Å². The van der Waals surface area contributed by atoms with Crippen molar-refractivity contribution in [2.24, 2.45) is 0 Å². The minimum Gasteiger partial charge on any atom is -0.462 e. The lowest BCUT2D eigenvalue weighted by molar-refractivity contribution is -0.144. The Hall–Kier alpha value is -0.790. The lowest BCUT2D eigenvalue weighted by Gasteiger charge is -2.07. The summed E-state index contributed by atoms with van der Waals surface area (Å²) in [4.78, 5) is 10.5. The van der Waals surface area contributed by atoms with Gasteiger partial charge < -0.3 is 4.74 Å². The Bertz CT molecular complexity index is 173. The van der Waals surface area contributed by atoms with Crippen LogP contribution in [0.25, 0.3) is 0 Å². The Balaban J connectivity index is 3.36. The van der Waals surface area contributed by atoms with Gasteiger partial charge in [-0.1, -0.05) is 31.9 Å². The number of ether oxygens (including phenoxy) is 1. The van der Waals surface area contributed by atoms with Crippen molar-refractivity contribution in [3.05, 3.63) is 19.1 Å². The molecule has 0 fully saturated rings. The number of unbranched alkanes of at least 4 members (excludes halogenated alkanes) is 3. The molecule has 81 valence electrons. The zero-order valence-corrected chi connectivity index (χ0v) is 9.29. The van der Waals surface area contributed by atoms with Gasteiger partial charge in [-0.3, -0.25) is 4.79 Å². The fourth-order valence-corrected chi connectivity index (χ4v) is 1.16. The molecule has 1 unspecified atom stereocenters. The quantitative estimate of drug-likeness (QED) is 0.355. The van der Waals surface area contributed by atoms with Gasteiger partial charge in [0.1, 0.15) is 6.10 Å². The lowest BCUT2D eigenvalue weighted by atomic mass is 10.2. The van der Waals surface area contributed by atoms with Crippen LogP contribution < -0.4 is 0 Å². The van der Waals surface area contributed by atoms with Crippen molar-refractivity contribution >= 4 is 5.97 Å². The molecule has 14 heavy (non-hydrogen) atoms. The highest BCUT2D eigenvalue weighted by atomic mass is 16.5. The van der Waals surface area contributed by atoms with Gasteiger partial charge >= 0.3 is 5.97 Å². The topological polar surface area (TPSA) is 26.3 Å². The molecule has 0 aromatic rings. The Morgan fingerprint density at radius 1 is 1.43 bits per heavy atom. The van der Waals surface area contributed by atoms with Crippen LogP contribution in [0.5, 0.6) is 0 Å². The van der Waals surface area contributed by atoms with E-state index in [4.69, 9.17) is 4.74 Å². The summed E-state index contributed by atoms with van der Waals surface area (Å²) in [6.07, 6.45) is 9.53. The largest absolute Gasteiger partial charge is 0.462 e. The lowest BCUT2D eigenvalue weighted by Crippen LogP contribution is -2.10. The average molecular weight is 197 g/mol. The van der Waals surface area contributed by atoms with Crippen LogP contribution in [0.2, 0.25) is 0 Å². The molecule has 1 radical (unpaired) electrons. The van der Waals surface area contributed by atoms with Crippen molar-refractivity contribution in [1.29, 1.82) is 0 Å². The summed E-state index contributed by atoms with van der Waals surface area (Å²) in [5, 5.41) is 0. The zero-order valence-electron chi connectivity index (χ0n) is 9.29. The van der Waals surface area contributed by atoms with Crippen molar-refractivity contribution in [2.45, 2.75) is 52.1 Å². The molecular formula is C12H21O2. The van der Waals surface area contributed by atoms with Crippen LogP contribution in [-0.2, 0) is 9.53 Å². The van der Waals surface area contributed by atoms with E-state index < -0.39 is 0 Å². The number of esters is 1. The normalized spacial score (nSPS) is 13.1. The molecule has 0 bridgehead atoms. The molecule has 0 amide bonds. The van der Waals surface area contributed by atoms with E-state index in [2.05, 4.69) is 19.9 Å². The van der Waals surface area contributed by atoms with Crippen LogP contribution in [0.15, 0.2) is 12.2 Å². The molecule has 2 nitrogen and oxygen atoms in total. The Kier molecular flexibility index (Phi) is 8.30. The summed E-state index contributed by atoms with van der Waals surface area (Å²) in [7, 11) is 0. The van der Waals surface area contributed by atoms with E-state index in [1.54, 1.807) is 0 Å². The van der Waals surface area contributed by atoms with Gasteiger partial charge in [-0.05, 0) is 19.8 Å². The Morgan fingerprint density at radius 2 is 2.14 bits per heavy atom. The van der Waals surface area contributed by atoms with Crippen molar-refractivity contribution in [2.75, 3.05) is 0 Å². The van der Waals surface area contributed by atoms with E-state index >= 15 is 0 Å². The van der Waals surface area contributed by atoms with Crippen molar-refractivity contribution < 1.29 is 9.53 Å². The molecule has 0 rings (SSSR count). The molecular weight excluding hydrogens is 176 g/mol. The number of carbonyl (C=O) groups is 1. The third-order valence-corrected chi connectivity index (χ3v) is 1.87. The highest BCUT2D eigenvalue weighted by Crippen LogP contribution is 2.03. The summed E-state index contributed by atoms with van der Waals surface area (Å²) >= 11 is 0. The van der Waals surface area contributed by atoms with Crippen LogP contribution in [0, 0.1) is 6.92 Å². The molecule has 0 aromatic carbocycles. The van der Waals surface area contributed by atoms with Crippen LogP contribution in [0.1, 0.15) is 46.0 Å². The predicted octanol–water partition coefficient (Wildman–Crippen LogP) is 3.28. The number of hydrogen-bond acceptors (Lipinski definition) is 2. The second-order valence-corrected chi connectivity index (χ2v) is 3.43. The molecule has 0 N–H and O–H groups in total. The van der Waals surface area contributed by atoms with E-state index in [1.165, 1.54) is 26.2 Å². The first kappa shape index (κ1) is 13.2. The first-order valence-corrected chi connectivity index (χ1v) is 5.32. The highest BCUT2D eigenvalue weighted by Gasteiger charge is 2.01. The summed E-state index contributed by atoms with van der Waals surface area (Å²) in [6.45, 7) is 7.31. The summed E-state index contributed by atoms with van der Waals surface area (Å²) in [6, 6.07) is 0. The molecule has 0 aromatic heterocycles. The molecule has 0 aliphatic carbocycles. The smallest absolute Gasteiger partial charge is 0.302 e. The van der Waals surface area contributed by atoms with Gasteiger partial charge in [-0.15, -0.1) is 0 Å². The van der Waals surface area contributed by atoms with E-state index in [0.29, 0.717) is 6.42 Å². The zero-order chi connectivity index (χ0) is 10.8. The minimum atomic E-state index is -0.260. The van der Waals surface area contributed by atoms with Crippen molar-refractivity contribution in [1.82, 2.24) is 0 Å². The summed E-state index contributed by atoms with van der Waals surface area (Å²) in [5.74, 6) is -0.260. The van der Waals surface area contributed by atoms with Gasteiger partial charge in [0.2, 0.25) is 0 Å². The number of carbonyl (C=O) groups excluding carboxylic acids is 1. The second-order valence-electron chi connectivity index (χ2n) is 3.43. The Labute approximate surface area is 87.3 Å². The molecule has 0 spiro atoms. The standard InChI is InChI=1S/C12H21O2/c1-4-5-6-7-8-9-10-11(2)14-12(3)13/h8-9,11H,2,4-7,10H2,1,3H3. The van der Waals surface area contributed by atoms with E-state index in [1.807, 2.05) is 6.08 Å². The van der Waals surface area contributed by atoms with E-state index in [-0.39, 0.29) is 12.1 Å². The first-order valence-electron chi connectivity index (χ1n) is 5.32. The van der Waals surface area contributed by atoms with Gasteiger partial charge in [0.15, 0.2) is 0 Å². The third kappa shape index (κ3) is 9.30. The van der Waals surface area contributed by atoms with Crippen molar-refractivity contribution in [3.8, 4) is 0 Å². The third-order valence-electron chi connectivity index (χ3n) is 1.87. The van der Waals surface area contributed by atoms with Gasteiger partial charge in [0, 0.05) is 13.3 Å². The van der Waals surface area contributed by atoms with Crippen LogP contribution >= 0.6 is 0 Å². The average Bonchev–Trinajstić information content (AvgIpc) is 2.10. The van der Waals surface area contributed by atoms with Gasteiger partial charge in [-0.25, -0.2) is 0 Å². The summed E-state index contributed by atoms with van der Waals surface area (Å²) in [5.41, 5.74) is 0. The molecule has 0 aliphatic heterocycles. The molecule has 0 saturated carbocycles. The number of allylic oxidation sites excluding steroid dienone is 1. The van der Waals surface area contributed by atoms with E-state index in [9.17, 15) is 4.79 Å². The maximum atomic E-state index is 10.5. The van der Waals surface area contributed by atoms with Gasteiger partial charge in [0.05, 0.1) is 0 Å². The maximum Gasteiger partial charge on any atom is 0.302 e. The SMILES string of the molecule is [CH2]C(CC=CCCCCC)OC(C)=O. The monoisotopic (exact) mass is 197 g/mol. The fourth-order valence-electron chi connectivity index (χ4n) is 1.16. The van der Waals surface area contributed by atoms with Crippen LogP contribution in [0.4, 0.5) is 0 Å². The first-order chi connectivity index (χ1) is 6.66. The molecule has 0 aliphatic rings. The Morgan fingerprint density at radius 3 is 2.71 bits per heavy atom. The summed E-state index contributed by atoms with van der Waals surface area (Å²) < 4.78 is 4.88. The molecule has 1 atom stereocenters. The number of hydrogen-bond donors (Lipinski definition) is 0. The molecule has 0 saturated heterocycles. The highest BCUT2D eigenvalue weighted by molar-refractivity contribution is 5.66. The maximum absolute atomic E-state index is 10.5. The van der Waals surface area contributed by atoms with Gasteiger partial charge in [0.25, 0.3) is 0 Å². The molecule has 2 heteroatoms. The van der Waals surface area contributed by atoms with Gasteiger partial charge in [-0.2, -0.15) is 0 Å². The van der Waals surface area contributed by atoms with E-state index in [0.717, 1.165) is 6.42 Å². The second kappa shape index (κ2) is 8.79. The fraction of sp³-hybridized carbons (Fsp3) is 0.667. The molecule has 0 heterocycles. The number of rotatable bonds is 7.